The van der Waals surface area contributed by atoms with Gasteiger partial charge in [0.2, 0.25) is 0 Å². The maximum absolute atomic E-state index is 12.2. The molecule has 1 N–H and O–H groups in total. The molecule has 0 aliphatic rings. The molecule has 2 nitrogen and oxygen atoms in total. The van der Waals surface area contributed by atoms with Crippen molar-refractivity contribution in [2.45, 2.75) is 12.5 Å². The van der Waals surface area contributed by atoms with Gasteiger partial charge in [0.05, 0.1) is 0 Å². The maximum Gasteiger partial charge on any atom is 0.573 e. The van der Waals surface area contributed by atoms with Crippen LogP contribution in [0.3, 0.4) is 0 Å². The summed E-state index contributed by atoms with van der Waals surface area (Å²) in [5, 5.41) is 10.2. The summed E-state index contributed by atoms with van der Waals surface area (Å²) in [7, 11) is 0. The quantitative estimate of drug-likeness (QED) is 0.789. The van der Waals surface area contributed by atoms with Crippen molar-refractivity contribution in [1.82, 2.24) is 0 Å². The summed E-state index contributed by atoms with van der Waals surface area (Å²) in [6.07, 6.45) is -5.74. The molecular formula is C14H10F3IO2. The van der Waals surface area contributed by atoms with Gasteiger partial charge in [-0.15, -0.1) is 13.2 Å². The number of rotatable bonds is 3. The molecule has 0 spiro atoms. The Bertz CT molecular complexity index is 582. The molecule has 0 radical (unpaired) electrons. The molecule has 0 fully saturated rings. The lowest BCUT2D eigenvalue weighted by Crippen LogP contribution is -2.17. The molecule has 1 atom stereocenters. The van der Waals surface area contributed by atoms with E-state index in [-0.39, 0.29) is 5.75 Å². The summed E-state index contributed by atoms with van der Waals surface area (Å²) in [6, 6.07) is 12.4. The minimum Gasteiger partial charge on any atom is -0.406 e. The Hall–Kier alpha value is -1.28. The molecule has 0 aliphatic carbocycles. The first-order valence-corrected chi connectivity index (χ1v) is 6.72. The second-order valence-corrected chi connectivity index (χ2v) is 5.32. The Morgan fingerprint density at radius 2 is 1.65 bits per heavy atom. The first-order chi connectivity index (χ1) is 9.35. The van der Waals surface area contributed by atoms with Crippen molar-refractivity contribution in [2.75, 3.05) is 0 Å². The number of benzene rings is 2. The average Bonchev–Trinajstić information content (AvgIpc) is 2.37. The highest BCUT2D eigenvalue weighted by atomic mass is 127. The van der Waals surface area contributed by atoms with Crippen LogP contribution in [0.15, 0.2) is 48.5 Å². The molecule has 2 aromatic carbocycles. The van der Waals surface area contributed by atoms with Gasteiger partial charge < -0.3 is 9.84 Å². The highest BCUT2D eigenvalue weighted by Gasteiger charge is 2.31. The molecule has 0 aromatic heterocycles. The second kappa shape index (κ2) is 6.01. The predicted molar refractivity (Wildman–Crippen MR) is 76.3 cm³/mol. The number of hydrogen-bond donors (Lipinski definition) is 1. The molecule has 0 bridgehead atoms. The normalized spacial score (nSPS) is 13.1. The van der Waals surface area contributed by atoms with E-state index in [1.165, 1.54) is 18.2 Å². The van der Waals surface area contributed by atoms with E-state index in [1.807, 2.05) is 12.1 Å². The lowest BCUT2D eigenvalue weighted by atomic mass is 10.0. The number of ether oxygens (including phenoxy) is 1. The lowest BCUT2D eigenvalue weighted by molar-refractivity contribution is -0.274. The fraction of sp³-hybridized carbons (Fsp3) is 0.143. The van der Waals surface area contributed by atoms with E-state index in [2.05, 4.69) is 27.3 Å². The predicted octanol–water partition coefficient (Wildman–Crippen LogP) is 4.27. The van der Waals surface area contributed by atoms with Crippen LogP contribution in [-0.2, 0) is 0 Å². The number of alkyl halides is 3. The van der Waals surface area contributed by atoms with E-state index in [0.717, 1.165) is 3.57 Å². The van der Waals surface area contributed by atoms with Crippen LogP contribution in [-0.4, -0.2) is 11.5 Å². The Labute approximate surface area is 127 Å². The number of hydrogen-bond acceptors (Lipinski definition) is 2. The molecule has 0 saturated carbocycles. The fourth-order valence-corrected chi connectivity index (χ4v) is 2.08. The summed E-state index contributed by atoms with van der Waals surface area (Å²) < 4.78 is 41.3. The maximum atomic E-state index is 12.2. The van der Waals surface area contributed by atoms with Crippen LogP contribution >= 0.6 is 22.6 Å². The number of aliphatic hydroxyl groups is 1. The van der Waals surface area contributed by atoms with Crippen molar-refractivity contribution >= 4 is 22.6 Å². The molecule has 1 unspecified atom stereocenters. The Balaban J connectivity index is 2.24. The lowest BCUT2D eigenvalue weighted by Gasteiger charge is -2.14. The molecule has 0 aliphatic heterocycles. The first-order valence-electron chi connectivity index (χ1n) is 5.64. The Morgan fingerprint density at radius 3 is 2.25 bits per heavy atom. The van der Waals surface area contributed by atoms with E-state index < -0.39 is 12.5 Å². The molecule has 6 heteroatoms. The molecular weight excluding hydrogens is 384 g/mol. The fourth-order valence-electron chi connectivity index (χ4n) is 1.72. The van der Waals surface area contributed by atoms with Gasteiger partial charge in [0.25, 0.3) is 0 Å². The minimum absolute atomic E-state index is 0.341. The zero-order chi connectivity index (χ0) is 14.8. The molecule has 20 heavy (non-hydrogen) atoms. The van der Waals surface area contributed by atoms with Crippen LogP contribution in [0.4, 0.5) is 13.2 Å². The van der Waals surface area contributed by atoms with E-state index in [4.69, 9.17) is 0 Å². The number of aliphatic hydroxyl groups excluding tert-OH is 1. The Kier molecular flexibility index (Phi) is 4.54. The minimum atomic E-state index is -4.74. The summed E-state index contributed by atoms with van der Waals surface area (Å²) in [5.74, 6) is -0.348. The van der Waals surface area contributed by atoms with Gasteiger partial charge in [-0.3, -0.25) is 0 Å². The van der Waals surface area contributed by atoms with Gasteiger partial charge >= 0.3 is 6.36 Å². The third-order valence-electron chi connectivity index (χ3n) is 2.59. The topological polar surface area (TPSA) is 29.5 Å². The zero-order valence-electron chi connectivity index (χ0n) is 10.1. The zero-order valence-corrected chi connectivity index (χ0v) is 12.2. The molecule has 0 saturated heterocycles. The highest BCUT2D eigenvalue weighted by Crippen LogP contribution is 2.28. The van der Waals surface area contributed by atoms with Crippen molar-refractivity contribution < 1.29 is 23.0 Å². The van der Waals surface area contributed by atoms with E-state index in [1.54, 1.807) is 18.2 Å². The SMILES string of the molecule is OC(c1ccc(I)cc1)c1cccc(OC(F)(F)F)c1. The third kappa shape index (κ3) is 4.11. The van der Waals surface area contributed by atoms with Crippen LogP contribution in [0, 0.1) is 3.57 Å². The van der Waals surface area contributed by atoms with Crippen LogP contribution in [0.5, 0.6) is 5.75 Å². The second-order valence-electron chi connectivity index (χ2n) is 4.07. The van der Waals surface area contributed by atoms with Gasteiger partial charge in [-0.2, -0.15) is 0 Å². The highest BCUT2D eigenvalue weighted by molar-refractivity contribution is 14.1. The van der Waals surface area contributed by atoms with Crippen molar-refractivity contribution in [3.05, 3.63) is 63.2 Å². The molecule has 0 heterocycles. The first kappa shape index (κ1) is 15.1. The van der Waals surface area contributed by atoms with E-state index >= 15 is 0 Å². The van der Waals surface area contributed by atoms with Gasteiger partial charge in [-0.05, 0) is 58.0 Å². The molecule has 2 aromatic rings. The van der Waals surface area contributed by atoms with Crippen LogP contribution in [0.1, 0.15) is 17.2 Å². The van der Waals surface area contributed by atoms with Crippen molar-refractivity contribution in [3.63, 3.8) is 0 Å². The smallest absolute Gasteiger partial charge is 0.406 e. The standard InChI is InChI=1S/C14H10F3IO2/c15-14(16,17)20-12-3-1-2-10(8-12)13(19)9-4-6-11(18)7-5-9/h1-8,13,19H. The van der Waals surface area contributed by atoms with Crippen molar-refractivity contribution in [2.24, 2.45) is 0 Å². The van der Waals surface area contributed by atoms with Crippen LogP contribution in [0.2, 0.25) is 0 Å². The van der Waals surface area contributed by atoms with Crippen molar-refractivity contribution in [1.29, 1.82) is 0 Å². The van der Waals surface area contributed by atoms with E-state index in [0.29, 0.717) is 11.1 Å². The molecule has 2 rings (SSSR count). The summed E-state index contributed by atoms with van der Waals surface area (Å²) >= 11 is 2.13. The van der Waals surface area contributed by atoms with Crippen molar-refractivity contribution in [3.8, 4) is 5.75 Å². The third-order valence-corrected chi connectivity index (χ3v) is 3.31. The van der Waals surface area contributed by atoms with Gasteiger partial charge in [-0.25, -0.2) is 0 Å². The van der Waals surface area contributed by atoms with Crippen LogP contribution < -0.4 is 4.74 Å². The Morgan fingerprint density at radius 1 is 1.00 bits per heavy atom. The monoisotopic (exact) mass is 394 g/mol. The van der Waals surface area contributed by atoms with Gasteiger partial charge in [0, 0.05) is 3.57 Å². The summed E-state index contributed by atoms with van der Waals surface area (Å²) in [4.78, 5) is 0. The summed E-state index contributed by atoms with van der Waals surface area (Å²) in [6.45, 7) is 0. The largest absolute Gasteiger partial charge is 0.573 e. The van der Waals surface area contributed by atoms with E-state index in [9.17, 15) is 18.3 Å². The van der Waals surface area contributed by atoms with Gasteiger partial charge in [-0.1, -0.05) is 24.3 Å². The van der Waals surface area contributed by atoms with Gasteiger partial charge in [0.1, 0.15) is 11.9 Å². The van der Waals surface area contributed by atoms with Gasteiger partial charge in [0.15, 0.2) is 0 Å². The average molecular weight is 394 g/mol. The molecule has 0 amide bonds. The molecule has 106 valence electrons. The number of halogens is 4. The summed E-state index contributed by atoms with van der Waals surface area (Å²) in [5.41, 5.74) is 0.947. The van der Waals surface area contributed by atoms with Crippen LogP contribution in [0.25, 0.3) is 0 Å².